The number of rotatable bonds is 4. The molecule has 0 N–H and O–H groups in total. The van der Waals surface area contributed by atoms with Crippen molar-refractivity contribution in [3.8, 4) is 0 Å². The highest BCUT2D eigenvalue weighted by atomic mass is 16.1. The van der Waals surface area contributed by atoms with Crippen LogP contribution in [0.25, 0.3) is 0 Å². The highest BCUT2D eigenvalue weighted by Crippen LogP contribution is 2.41. The van der Waals surface area contributed by atoms with Crippen molar-refractivity contribution in [2.75, 3.05) is 18.5 Å². The number of aryl methyl sites for hydroxylation is 1. The first kappa shape index (κ1) is 15.3. The molecule has 124 valence electrons. The molecule has 0 spiro atoms. The molecule has 2 aromatic rings. The first-order valence-corrected chi connectivity index (χ1v) is 8.76. The van der Waals surface area contributed by atoms with E-state index in [1.54, 1.807) is 6.20 Å². The van der Waals surface area contributed by atoms with Crippen LogP contribution >= 0.6 is 0 Å². The number of nitrogens with zero attached hydrogens (tertiary/aromatic N) is 3. The quantitative estimate of drug-likeness (QED) is 0.809. The van der Waals surface area contributed by atoms with Gasteiger partial charge in [-0.05, 0) is 56.5 Å². The lowest BCUT2D eigenvalue weighted by Crippen LogP contribution is -2.29. The number of fused-ring (bicyclic) bond motifs is 1. The summed E-state index contributed by atoms with van der Waals surface area (Å²) in [5.41, 5.74) is 3.79. The molecule has 1 aliphatic heterocycles. The van der Waals surface area contributed by atoms with Gasteiger partial charge >= 0.3 is 0 Å². The average Bonchev–Trinajstić information content (AvgIpc) is 3.23. The first-order chi connectivity index (χ1) is 11.8. The summed E-state index contributed by atoms with van der Waals surface area (Å²) >= 11 is 0. The van der Waals surface area contributed by atoms with Crippen molar-refractivity contribution in [3.05, 3.63) is 59.3 Å². The SMILES string of the molecule is CN1CCCC1c1cccnc1N(C=O)C1CCc2ccccc21. The molecule has 0 radical (unpaired) electrons. The van der Waals surface area contributed by atoms with Crippen molar-refractivity contribution < 1.29 is 4.79 Å². The van der Waals surface area contributed by atoms with Crippen molar-refractivity contribution in [1.82, 2.24) is 9.88 Å². The number of benzene rings is 1. The summed E-state index contributed by atoms with van der Waals surface area (Å²) in [4.78, 5) is 20.9. The second kappa shape index (κ2) is 6.36. The van der Waals surface area contributed by atoms with Crippen LogP contribution in [0.3, 0.4) is 0 Å². The fourth-order valence-corrected chi connectivity index (χ4v) is 4.28. The number of likely N-dealkylation sites (tertiary alicyclic amines) is 1. The molecule has 4 nitrogen and oxygen atoms in total. The lowest BCUT2D eigenvalue weighted by atomic mass is 10.0. The fourth-order valence-electron chi connectivity index (χ4n) is 4.28. The van der Waals surface area contributed by atoms with E-state index in [4.69, 9.17) is 0 Å². The van der Waals surface area contributed by atoms with Crippen LogP contribution in [0.1, 0.15) is 48.0 Å². The van der Waals surface area contributed by atoms with E-state index in [0.29, 0.717) is 6.04 Å². The van der Waals surface area contributed by atoms with Crippen LogP contribution in [-0.2, 0) is 11.2 Å². The zero-order valence-corrected chi connectivity index (χ0v) is 14.1. The molecule has 1 amide bonds. The molecule has 2 unspecified atom stereocenters. The standard InChI is InChI=1S/C20H23N3O/c1-22-13-5-9-18(22)17-8-4-12-21-20(17)23(14-24)19-11-10-15-6-2-3-7-16(15)19/h2-4,6-8,12,14,18-19H,5,9-11,13H2,1H3. The summed E-state index contributed by atoms with van der Waals surface area (Å²) in [6.45, 7) is 1.10. The largest absolute Gasteiger partial charge is 0.299 e. The van der Waals surface area contributed by atoms with Crippen LogP contribution in [0.15, 0.2) is 42.6 Å². The van der Waals surface area contributed by atoms with Crippen LogP contribution < -0.4 is 4.90 Å². The zero-order chi connectivity index (χ0) is 16.5. The molecule has 2 heterocycles. The van der Waals surface area contributed by atoms with Crippen LogP contribution in [0.4, 0.5) is 5.82 Å². The smallest absolute Gasteiger partial charge is 0.215 e. The lowest BCUT2D eigenvalue weighted by Gasteiger charge is -2.29. The predicted molar refractivity (Wildman–Crippen MR) is 94.9 cm³/mol. The molecule has 1 aromatic heterocycles. The Morgan fingerprint density at radius 2 is 2.00 bits per heavy atom. The van der Waals surface area contributed by atoms with E-state index < -0.39 is 0 Å². The molecular formula is C20H23N3O. The molecule has 0 saturated carbocycles. The third-order valence-corrected chi connectivity index (χ3v) is 5.49. The molecule has 0 bridgehead atoms. The number of hydrogen-bond donors (Lipinski definition) is 0. The van der Waals surface area contributed by atoms with Gasteiger partial charge < -0.3 is 0 Å². The molecular weight excluding hydrogens is 298 g/mol. The van der Waals surface area contributed by atoms with Gasteiger partial charge in [-0.3, -0.25) is 14.6 Å². The van der Waals surface area contributed by atoms with E-state index in [2.05, 4.69) is 47.3 Å². The Balaban J connectivity index is 1.74. The molecule has 1 aromatic carbocycles. The van der Waals surface area contributed by atoms with Gasteiger partial charge in [0.1, 0.15) is 5.82 Å². The predicted octanol–water partition coefficient (Wildman–Crippen LogP) is 3.50. The topological polar surface area (TPSA) is 36.4 Å². The number of carbonyl (C=O) groups excluding carboxylic acids is 1. The average molecular weight is 321 g/mol. The van der Waals surface area contributed by atoms with E-state index >= 15 is 0 Å². The molecule has 4 rings (SSSR count). The van der Waals surface area contributed by atoms with E-state index in [1.807, 2.05) is 11.0 Å². The van der Waals surface area contributed by atoms with Gasteiger partial charge in [0, 0.05) is 17.8 Å². The molecule has 4 heteroatoms. The molecule has 24 heavy (non-hydrogen) atoms. The third kappa shape index (κ3) is 2.51. The van der Waals surface area contributed by atoms with Gasteiger partial charge in [0.05, 0.1) is 6.04 Å². The summed E-state index contributed by atoms with van der Waals surface area (Å²) in [6.07, 6.45) is 7.08. The summed E-state index contributed by atoms with van der Waals surface area (Å²) in [6, 6.07) is 13.0. The van der Waals surface area contributed by atoms with Gasteiger partial charge in [-0.25, -0.2) is 4.98 Å². The van der Waals surface area contributed by atoms with E-state index in [0.717, 1.165) is 38.0 Å². The maximum Gasteiger partial charge on any atom is 0.215 e. The number of hydrogen-bond acceptors (Lipinski definition) is 3. The van der Waals surface area contributed by atoms with Crippen LogP contribution in [0.2, 0.25) is 0 Å². The second-order valence-corrected chi connectivity index (χ2v) is 6.82. The Morgan fingerprint density at radius 1 is 1.17 bits per heavy atom. The van der Waals surface area contributed by atoms with E-state index in [-0.39, 0.29) is 6.04 Å². The van der Waals surface area contributed by atoms with Crippen molar-refractivity contribution in [3.63, 3.8) is 0 Å². The first-order valence-electron chi connectivity index (χ1n) is 8.76. The molecule has 1 fully saturated rings. The minimum atomic E-state index is 0.0964. The normalized spacial score (nSPS) is 23.2. The van der Waals surface area contributed by atoms with Gasteiger partial charge in [-0.15, -0.1) is 0 Å². The Hall–Kier alpha value is -2.20. The van der Waals surface area contributed by atoms with Crippen molar-refractivity contribution in [2.45, 2.75) is 37.8 Å². The Kier molecular flexibility index (Phi) is 4.07. The zero-order valence-electron chi connectivity index (χ0n) is 14.1. The monoisotopic (exact) mass is 321 g/mol. The molecule has 1 saturated heterocycles. The third-order valence-electron chi connectivity index (χ3n) is 5.49. The van der Waals surface area contributed by atoms with Gasteiger partial charge in [-0.1, -0.05) is 30.3 Å². The maximum atomic E-state index is 12.0. The number of anilines is 1. The number of pyridine rings is 1. The van der Waals surface area contributed by atoms with Gasteiger partial charge in [0.25, 0.3) is 0 Å². The van der Waals surface area contributed by atoms with Crippen LogP contribution in [0.5, 0.6) is 0 Å². The van der Waals surface area contributed by atoms with Crippen molar-refractivity contribution >= 4 is 12.2 Å². The lowest BCUT2D eigenvalue weighted by molar-refractivity contribution is -0.108. The summed E-state index contributed by atoms with van der Waals surface area (Å²) in [5.74, 6) is 0.827. The van der Waals surface area contributed by atoms with Crippen molar-refractivity contribution in [2.24, 2.45) is 0 Å². The minimum absolute atomic E-state index is 0.0964. The van der Waals surface area contributed by atoms with E-state index in [9.17, 15) is 4.79 Å². The maximum absolute atomic E-state index is 12.0. The summed E-state index contributed by atoms with van der Waals surface area (Å²) < 4.78 is 0. The van der Waals surface area contributed by atoms with Crippen molar-refractivity contribution in [1.29, 1.82) is 0 Å². The molecule has 2 aliphatic rings. The fraction of sp³-hybridized carbons (Fsp3) is 0.400. The number of carbonyl (C=O) groups is 1. The minimum Gasteiger partial charge on any atom is -0.299 e. The van der Waals surface area contributed by atoms with Crippen LogP contribution in [-0.4, -0.2) is 29.9 Å². The number of aromatic nitrogens is 1. The van der Waals surface area contributed by atoms with Gasteiger partial charge in [0.2, 0.25) is 6.41 Å². The van der Waals surface area contributed by atoms with Crippen LogP contribution in [0, 0.1) is 0 Å². The van der Waals surface area contributed by atoms with Gasteiger partial charge in [-0.2, -0.15) is 0 Å². The van der Waals surface area contributed by atoms with Gasteiger partial charge in [0.15, 0.2) is 0 Å². The second-order valence-electron chi connectivity index (χ2n) is 6.82. The summed E-state index contributed by atoms with van der Waals surface area (Å²) in [7, 11) is 2.16. The molecule has 1 aliphatic carbocycles. The Bertz CT molecular complexity index is 745. The summed E-state index contributed by atoms with van der Waals surface area (Å²) in [5, 5.41) is 0. The highest BCUT2D eigenvalue weighted by molar-refractivity contribution is 5.77. The Labute approximate surface area is 143 Å². The number of amides is 1. The molecule has 2 atom stereocenters. The Morgan fingerprint density at radius 3 is 2.79 bits per heavy atom. The van der Waals surface area contributed by atoms with E-state index in [1.165, 1.54) is 23.1 Å². The highest BCUT2D eigenvalue weighted by Gasteiger charge is 2.32.